The fourth-order valence-electron chi connectivity index (χ4n) is 2.24. The van der Waals surface area contributed by atoms with E-state index in [0.29, 0.717) is 11.8 Å². The Labute approximate surface area is 122 Å². The summed E-state index contributed by atoms with van der Waals surface area (Å²) < 4.78 is 5.55. The van der Waals surface area contributed by atoms with Crippen molar-refractivity contribution in [3.8, 4) is 0 Å². The monoisotopic (exact) mass is 286 g/mol. The number of halogens is 1. The predicted octanol–water partition coefficient (Wildman–Crippen LogP) is 4.33. The number of aromatic nitrogens is 1. The van der Waals surface area contributed by atoms with Crippen LogP contribution in [0.3, 0.4) is 0 Å². The summed E-state index contributed by atoms with van der Waals surface area (Å²) in [6, 6.07) is 12.1. The molecule has 102 valence electrons. The van der Waals surface area contributed by atoms with Gasteiger partial charge in [-0.15, -0.1) is 0 Å². The molecular formula is C16H15ClN2O. The molecule has 1 atom stereocenters. The van der Waals surface area contributed by atoms with Crippen molar-refractivity contribution in [3.63, 3.8) is 0 Å². The van der Waals surface area contributed by atoms with Crippen LogP contribution >= 0.6 is 11.6 Å². The number of furan rings is 1. The van der Waals surface area contributed by atoms with E-state index in [1.54, 1.807) is 6.20 Å². The smallest absolute Gasteiger partial charge is 0.199 e. The molecule has 0 radical (unpaired) electrons. The lowest BCUT2D eigenvalue weighted by molar-refractivity contribution is 0.562. The first-order valence-electron chi connectivity index (χ1n) is 6.55. The molecule has 0 bridgehead atoms. The number of para-hydroxylation sites is 1. The molecule has 1 aromatic carbocycles. The molecule has 1 N–H and O–H groups in total. The first-order valence-corrected chi connectivity index (χ1v) is 6.92. The fourth-order valence-corrected chi connectivity index (χ4v) is 2.49. The molecule has 0 aliphatic carbocycles. The summed E-state index contributed by atoms with van der Waals surface area (Å²) in [5.41, 5.74) is 2.97. The fraction of sp³-hybridized carbons (Fsp3) is 0.188. The van der Waals surface area contributed by atoms with Crippen molar-refractivity contribution in [3.05, 3.63) is 65.1 Å². The van der Waals surface area contributed by atoms with Crippen LogP contribution in [0, 0.1) is 0 Å². The van der Waals surface area contributed by atoms with Crippen LogP contribution in [-0.2, 0) is 6.54 Å². The van der Waals surface area contributed by atoms with E-state index in [0.717, 1.165) is 22.1 Å². The highest BCUT2D eigenvalue weighted by Crippen LogP contribution is 2.29. The Bertz CT molecular complexity index is 709. The molecule has 4 heteroatoms. The summed E-state index contributed by atoms with van der Waals surface area (Å²) in [4.78, 5) is 4.13. The number of fused-ring (bicyclic) bond motifs is 1. The zero-order valence-electron chi connectivity index (χ0n) is 11.1. The number of hydrogen-bond acceptors (Lipinski definition) is 3. The van der Waals surface area contributed by atoms with Crippen molar-refractivity contribution in [2.45, 2.75) is 19.5 Å². The number of hydrogen-bond donors (Lipinski definition) is 1. The summed E-state index contributed by atoms with van der Waals surface area (Å²) in [6.45, 7) is 2.76. The van der Waals surface area contributed by atoms with Gasteiger partial charge in [-0.25, -0.2) is 0 Å². The Morgan fingerprint density at radius 2 is 2.10 bits per heavy atom. The van der Waals surface area contributed by atoms with Gasteiger partial charge in [0.15, 0.2) is 5.22 Å². The Hall–Kier alpha value is -1.84. The van der Waals surface area contributed by atoms with Gasteiger partial charge in [0.1, 0.15) is 5.58 Å². The minimum atomic E-state index is 0.202. The lowest BCUT2D eigenvalue weighted by Crippen LogP contribution is -2.18. The van der Waals surface area contributed by atoms with Crippen molar-refractivity contribution in [2.24, 2.45) is 0 Å². The molecule has 0 spiro atoms. The van der Waals surface area contributed by atoms with Gasteiger partial charge in [-0.1, -0.05) is 24.3 Å². The molecular weight excluding hydrogens is 272 g/mol. The third kappa shape index (κ3) is 2.55. The number of nitrogens with zero attached hydrogens (tertiary/aromatic N) is 1. The van der Waals surface area contributed by atoms with Crippen LogP contribution in [-0.4, -0.2) is 4.98 Å². The number of rotatable bonds is 4. The molecule has 1 unspecified atom stereocenters. The molecule has 2 heterocycles. The third-order valence-electron chi connectivity index (χ3n) is 3.42. The average molecular weight is 287 g/mol. The van der Waals surface area contributed by atoms with Crippen LogP contribution in [0.4, 0.5) is 0 Å². The average Bonchev–Trinajstić information content (AvgIpc) is 2.81. The SMILES string of the molecule is CC(NCc1c(Cl)oc2ccccc12)c1cccnc1. The molecule has 3 aromatic rings. The third-order valence-corrected chi connectivity index (χ3v) is 3.72. The standard InChI is InChI=1S/C16H15ClN2O/c1-11(12-5-4-8-18-9-12)19-10-14-13-6-2-3-7-15(13)20-16(14)17/h2-9,11,19H,10H2,1H3. The second kappa shape index (κ2) is 5.65. The zero-order chi connectivity index (χ0) is 13.9. The van der Waals surface area contributed by atoms with E-state index in [4.69, 9.17) is 16.0 Å². The number of nitrogens with one attached hydrogen (secondary N) is 1. The van der Waals surface area contributed by atoms with E-state index in [1.165, 1.54) is 0 Å². The highest BCUT2D eigenvalue weighted by Gasteiger charge is 2.13. The van der Waals surface area contributed by atoms with Gasteiger partial charge in [0.2, 0.25) is 0 Å². The molecule has 0 saturated carbocycles. The molecule has 0 aliphatic rings. The minimum absolute atomic E-state index is 0.202. The van der Waals surface area contributed by atoms with E-state index in [1.807, 2.05) is 36.5 Å². The first-order chi connectivity index (χ1) is 9.75. The van der Waals surface area contributed by atoms with E-state index >= 15 is 0 Å². The number of benzene rings is 1. The normalized spacial score (nSPS) is 12.7. The zero-order valence-corrected chi connectivity index (χ0v) is 11.9. The van der Waals surface area contributed by atoms with Gasteiger partial charge >= 0.3 is 0 Å². The topological polar surface area (TPSA) is 38.1 Å². The van der Waals surface area contributed by atoms with E-state index in [-0.39, 0.29) is 6.04 Å². The van der Waals surface area contributed by atoms with E-state index in [2.05, 4.69) is 23.3 Å². The maximum Gasteiger partial charge on any atom is 0.199 e. The Balaban J connectivity index is 1.79. The van der Waals surface area contributed by atoms with Crippen LogP contribution in [0.25, 0.3) is 11.0 Å². The maximum atomic E-state index is 6.18. The lowest BCUT2D eigenvalue weighted by Gasteiger charge is -2.13. The second-order valence-corrected chi connectivity index (χ2v) is 5.08. The quantitative estimate of drug-likeness (QED) is 0.775. The summed E-state index contributed by atoms with van der Waals surface area (Å²) in [6.07, 6.45) is 3.64. The van der Waals surface area contributed by atoms with Crippen molar-refractivity contribution >= 4 is 22.6 Å². The molecule has 20 heavy (non-hydrogen) atoms. The molecule has 2 aromatic heterocycles. The van der Waals surface area contributed by atoms with Gasteiger partial charge in [0.25, 0.3) is 0 Å². The van der Waals surface area contributed by atoms with Crippen LogP contribution in [0.2, 0.25) is 5.22 Å². The summed E-state index contributed by atoms with van der Waals surface area (Å²) in [5, 5.41) is 4.96. The van der Waals surface area contributed by atoms with Crippen molar-refractivity contribution in [1.82, 2.24) is 10.3 Å². The molecule has 0 amide bonds. The van der Waals surface area contributed by atoms with Crippen LogP contribution < -0.4 is 5.32 Å². The Morgan fingerprint density at radius 3 is 2.90 bits per heavy atom. The predicted molar refractivity (Wildman–Crippen MR) is 80.7 cm³/mol. The molecule has 3 rings (SSSR count). The van der Waals surface area contributed by atoms with Gasteiger partial charge in [-0.05, 0) is 36.2 Å². The van der Waals surface area contributed by atoms with Crippen molar-refractivity contribution < 1.29 is 4.42 Å². The Kier molecular flexibility index (Phi) is 3.72. The molecule has 0 fully saturated rings. The molecule has 3 nitrogen and oxygen atoms in total. The van der Waals surface area contributed by atoms with Crippen molar-refractivity contribution in [2.75, 3.05) is 0 Å². The first kappa shape index (κ1) is 13.2. The summed E-state index contributed by atoms with van der Waals surface area (Å²) in [7, 11) is 0. The summed E-state index contributed by atoms with van der Waals surface area (Å²) in [5.74, 6) is 0. The van der Waals surface area contributed by atoms with Gasteiger partial charge in [-0.3, -0.25) is 4.98 Å². The van der Waals surface area contributed by atoms with Gasteiger partial charge in [0, 0.05) is 35.9 Å². The molecule has 0 aliphatic heterocycles. The van der Waals surface area contributed by atoms with E-state index < -0.39 is 0 Å². The van der Waals surface area contributed by atoms with Crippen LogP contribution in [0.15, 0.2) is 53.2 Å². The van der Waals surface area contributed by atoms with Crippen LogP contribution in [0.5, 0.6) is 0 Å². The van der Waals surface area contributed by atoms with E-state index in [9.17, 15) is 0 Å². The highest BCUT2D eigenvalue weighted by atomic mass is 35.5. The second-order valence-electron chi connectivity index (χ2n) is 4.74. The number of pyridine rings is 1. The lowest BCUT2D eigenvalue weighted by atomic mass is 10.1. The molecule has 0 saturated heterocycles. The highest BCUT2D eigenvalue weighted by molar-refractivity contribution is 6.30. The van der Waals surface area contributed by atoms with Crippen LogP contribution in [0.1, 0.15) is 24.1 Å². The summed E-state index contributed by atoms with van der Waals surface area (Å²) >= 11 is 6.18. The maximum absolute atomic E-state index is 6.18. The Morgan fingerprint density at radius 1 is 1.25 bits per heavy atom. The van der Waals surface area contributed by atoms with Gasteiger partial charge in [-0.2, -0.15) is 0 Å². The van der Waals surface area contributed by atoms with Gasteiger partial charge < -0.3 is 9.73 Å². The minimum Gasteiger partial charge on any atom is -0.444 e. The van der Waals surface area contributed by atoms with Gasteiger partial charge in [0.05, 0.1) is 0 Å². The van der Waals surface area contributed by atoms with Crippen molar-refractivity contribution in [1.29, 1.82) is 0 Å². The largest absolute Gasteiger partial charge is 0.444 e.